The van der Waals surface area contributed by atoms with Crippen molar-refractivity contribution in [3.63, 3.8) is 0 Å². The van der Waals surface area contributed by atoms with E-state index in [0.717, 1.165) is 6.42 Å². The molecule has 0 unspecified atom stereocenters. The Balaban J connectivity index is 2.81. The van der Waals surface area contributed by atoms with Crippen LogP contribution in [0.2, 0.25) is 0 Å². The molecule has 0 saturated carbocycles. The molecule has 2 nitrogen and oxygen atoms in total. The molecule has 0 amide bonds. The van der Waals surface area contributed by atoms with Crippen LogP contribution in [0.4, 0.5) is 4.39 Å². The van der Waals surface area contributed by atoms with Gasteiger partial charge in [-0.1, -0.05) is 19.1 Å². The van der Waals surface area contributed by atoms with Crippen LogP contribution in [0.5, 0.6) is 5.75 Å². The summed E-state index contributed by atoms with van der Waals surface area (Å²) in [5.41, 5.74) is 0.410. The number of halogens is 1. The molecule has 3 heteroatoms. The molecule has 0 aliphatic carbocycles. The van der Waals surface area contributed by atoms with E-state index in [0.29, 0.717) is 12.0 Å². The molecule has 0 aliphatic rings. The molecule has 1 rings (SSSR count). The van der Waals surface area contributed by atoms with Gasteiger partial charge in [-0.2, -0.15) is 0 Å². The molecule has 1 aromatic carbocycles. The minimum atomic E-state index is -0.426. The predicted octanol–water partition coefficient (Wildman–Crippen LogP) is 2.75. The summed E-state index contributed by atoms with van der Waals surface area (Å²) in [6.45, 7) is 1.93. The molecule has 15 heavy (non-hydrogen) atoms. The summed E-state index contributed by atoms with van der Waals surface area (Å²) in [6.07, 6.45) is 1.44. The first kappa shape index (κ1) is 11.7. The molecular weight excluding hydrogens is 195 g/mol. The van der Waals surface area contributed by atoms with Gasteiger partial charge in [-0.05, 0) is 18.1 Å². The first-order chi connectivity index (χ1) is 7.19. The van der Waals surface area contributed by atoms with Gasteiger partial charge in [0.05, 0.1) is 7.11 Å². The number of carbonyl (C=O) groups excluding carboxylic acids is 1. The Bertz CT molecular complexity index is 347. The summed E-state index contributed by atoms with van der Waals surface area (Å²) in [6, 6.07) is 4.85. The van der Waals surface area contributed by atoms with E-state index in [1.807, 2.05) is 6.92 Å². The third-order valence-corrected chi connectivity index (χ3v) is 2.18. The molecule has 1 aromatic rings. The zero-order valence-corrected chi connectivity index (χ0v) is 9.05. The lowest BCUT2D eigenvalue weighted by Crippen LogP contribution is -2.04. The van der Waals surface area contributed by atoms with E-state index in [2.05, 4.69) is 0 Å². The minimum absolute atomic E-state index is 0.0599. The van der Waals surface area contributed by atoms with Crippen LogP contribution in [-0.4, -0.2) is 12.9 Å². The van der Waals surface area contributed by atoms with E-state index in [-0.39, 0.29) is 18.0 Å². The smallest absolute Gasteiger partial charge is 0.168 e. The monoisotopic (exact) mass is 210 g/mol. The number of Topliss-reactive ketones (excluding diaryl/α,β-unsaturated/α-hetero) is 1. The number of methoxy groups -OCH3 is 1. The molecule has 0 spiro atoms. The van der Waals surface area contributed by atoms with Gasteiger partial charge in [-0.3, -0.25) is 4.79 Å². The molecule has 0 N–H and O–H groups in total. The van der Waals surface area contributed by atoms with Crippen LogP contribution in [0.1, 0.15) is 25.3 Å². The Hall–Kier alpha value is -1.38. The fourth-order valence-corrected chi connectivity index (χ4v) is 1.43. The van der Waals surface area contributed by atoms with Crippen molar-refractivity contribution in [3.8, 4) is 5.75 Å². The maximum Gasteiger partial charge on any atom is 0.168 e. The lowest BCUT2D eigenvalue weighted by molar-refractivity contribution is -0.118. The highest BCUT2D eigenvalue weighted by Gasteiger charge is 2.11. The average Bonchev–Trinajstić information content (AvgIpc) is 2.21. The number of benzene rings is 1. The summed E-state index contributed by atoms with van der Waals surface area (Å²) in [4.78, 5) is 11.4. The molecule has 0 aliphatic heterocycles. The molecule has 0 aromatic heterocycles. The summed E-state index contributed by atoms with van der Waals surface area (Å²) < 4.78 is 18.4. The first-order valence-electron chi connectivity index (χ1n) is 5.02. The van der Waals surface area contributed by atoms with E-state index >= 15 is 0 Å². The Morgan fingerprint density at radius 2 is 2.20 bits per heavy atom. The standard InChI is InChI=1S/C12H15FO2/c1-3-5-10(14)8-9-6-4-7-11(15-2)12(9)13/h4,6-7H,3,5,8H2,1-2H3. The van der Waals surface area contributed by atoms with Gasteiger partial charge < -0.3 is 4.74 Å². The highest BCUT2D eigenvalue weighted by molar-refractivity contribution is 5.80. The second kappa shape index (κ2) is 5.49. The molecule has 82 valence electrons. The van der Waals surface area contributed by atoms with Gasteiger partial charge in [0.1, 0.15) is 5.78 Å². The van der Waals surface area contributed by atoms with Crippen LogP contribution < -0.4 is 4.74 Å². The van der Waals surface area contributed by atoms with Crippen molar-refractivity contribution in [3.05, 3.63) is 29.6 Å². The van der Waals surface area contributed by atoms with Crippen molar-refractivity contribution >= 4 is 5.78 Å². The summed E-state index contributed by atoms with van der Waals surface area (Å²) >= 11 is 0. The highest BCUT2D eigenvalue weighted by atomic mass is 19.1. The molecule has 0 fully saturated rings. The topological polar surface area (TPSA) is 26.3 Å². The van der Waals surface area contributed by atoms with Crippen molar-refractivity contribution in [2.24, 2.45) is 0 Å². The van der Waals surface area contributed by atoms with Gasteiger partial charge in [-0.25, -0.2) is 4.39 Å². The molecule has 0 heterocycles. The third kappa shape index (κ3) is 3.05. The first-order valence-corrected chi connectivity index (χ1v) is 5.02. The van der Waals surface area contributed by atoms with E-state index in [1.165, 1.54) is 7.11 Å². The van der Waals surface area contributed by atoms with Crippen LogP contribution in [0.3, 0.4) is 0 Å². The maximum atomic E-state index is 13.6. The van der Waals surface area contributed by atoms with E-state index in [1.54, 1.807) is 18.2 Å². The van der Waals surface area contributed by atoms with E-state index in [4.69, 9.17) is 4.74 Å². The Morgan fingerprint density at radius 3 is 2.80 bits per heavy atom. The van der Waals surface area contributed by atoms with Gasteiger partial charge in [0.2, 0.25) is 0 Å². The number of carbonyl (C=O) groups is 1. The summed E-state index contributed by atoms with van der Waals surface area (Å²) in [5, 5.41) is 0. The van der Waals surface area contributed by atoms with Crippen molar-refractivity contribution in [2.75, 3.05) is 7.11 Å². The second-order valence-electron chi connectivity index (χ2n) is 3.40. The molecule has 0 radical (unpaired) electrons. The largest absolute Gasteiger partial charge is 0.494 e. The van der Waals surface area contributed by atoms with Crippen molar-refractivity contribution in [2.45, 2.75) is 26.2 Å². The van der Waals surface area contributed by atoms with E-state index in [9.17, 15) is 9.18 Å². The quantitative estimate of drug-likeness (QED) is 0.747. The van der Waals surface area contributed by atoms with E-state index < -0.39 is 5.82 Å². The van der Waals surface area contributed by atoms with Gasteiger partial charge in [-0.15, -0.1) is 0 Å². The van der Waals surface area contributed by atoms with Crippen LogP contribution in [0, 0.1) is 5.82 Å². The van der Waals surface area contributed by atoms with Gasteiger partial charge >= 0.3 is 0 Å². The van der Waals surface area contributed by atoms with Crippen LogP contribution in [-0.2, 0) is 11.2 Å². The van der Waals surface area contributed by atoms with Crippen LogP contribution in [0.15, 0.2) is 18.2 Å². The van der Waals surface area contributed by atoms with Gasteiger partial charge in [0.15, 0.2) is 11.6 Å². The summed E-state index contributed by atoms with van der Waals surface area (Å²) in [5.74, 6) is -0.175. The molecular formula is C12H15FO2. The number of ketones is 1. The Morgan fingerprint density at radius 1 is 1.47 bits per heavy atom. The molecule has 0 atom stereocenters. The van der Waals surface area contributed by atoms with Crippen molar-refractivity contribution in [1.29, 1.82) is 0 Å². The van der Waals surface area contributed by atoms with Gasteiger partial charge in [0, 0.05) is 12.8 Å². The van der Waals surface area contributed by atoms with Crippen molar-refractivity contribution < 1.29 is 13.9 Å². The van der Waals surface area contributed by atoms with Crippen molar-refractivity contribution in [1.82, 2.24) is 0 Å². The Labute approximate surface area is 89.1 Å². The average molecular weight is 210 g/mol. The lowest BCUT2D eigenvalue weighted by atomic mass is 10.1. The molecule has 0 bridgehead atoms. The maximum absolute atomic E-state index is 13.6. The number of ether oxygens (including phenoxy) is 1. The van der Waals surface area contributed by atoms with Crippen LogP contribution >= 0.6 is 0 Å². The summed E-state index contributed by atoms with van der Waals surface area (Å²) in [7, 11) is 1.41. The molecule has 0 saturated heterocycles. The van der Waals surface area contributed by atoms with Gasteiger partial charge in [0.25, 0.3) is 0 Å². The second-order valence-corrected chi connectivity index (χ2v) is 3.40. The minimum Gasteiger partial charge on any atom is -0.494 e. The zero-order valence-electron chi connectivity index (χ0n) is 9.05. The van der Waals surface area contributed by atoms with Crippen LogP contribution in [0.25, 0.3) is 0 Å². The Kier molecular flexibility index (Phi) is 4.28. The number of hydrogen-bond donors (Lipinski definition) is 0. The SMILES string of the molecule is CCCC(=O)Cc1cccc(OC)c1F. The number of hydrogen-bond acceptors (Lipinski definition) is 2. The number of rotatable bonds is 5. The zero-order chi connectivity index (χ0) is 11.3. The third-order valence-electron chi connectivity index (χ3n) is 2.18. The predicted molar refractivity (Wildman–Crippen MR) is 56.6 cm³/mol. The highest BCUT2D eigenvalue weighted by Crippen LogP contribution is 2.20. The fourth-order valence-electron chi connectivity index (χ4n) is 1.43. The fraction of sp³-hybridized carbons (Fsp3) is 0.417. The normalized spacial score (nSPS) is 10.1. The lowest BCUT2D eigenvalue weighted by Gasteiger charge is -2.06.